The number of ether oxygens (including phenoxy) is 2. The average molecular weight is 378 g/mol. The molecule has 3 rings (SSSR count). The van der Waals surface area contributed by atoms with E-state index in [1.165, 1.54) is 12.1 Å². The van der Waals surface area contributed by atoms with Crippen LogP contribution in [0, 0.1) is 17.2 Å². The lowest BCUT2D eigenvalue weighted by Crippen LogP contribution is -2.50. The third-order valence-electron chi connectivity index (χ3n) is 5.41. The van der Waals surface area contributed by atoms with Crippen LogP contribution in [0.3, 0.4) is 0 Å². The molecule has 0 spiro atoms. The first-order valence-electron chi connectivity index (χ1n) is 9.86. The molecule has 1 aromatic carbocycles. The van der Waals surface area contributed by atoms with E-state index in [1.807, 2.05) is 0 Å². The molecule has 0 aliphatic carbocycles. The number of urea groups is 1. The maximum atomic E-state index is 13.1. The highest BCUT2D eigenvalue weighted by Gasteiger charge is 2.36. The predicted molar refractivity (Wildman–Crippen MR) is 102 cm³/mol. The van der Waals surface area contributed by atoms with E-state index in [2.05, 4.69) is 26.1 Å². The second-order valence-corrected chi connectivity index (χ2v) is 8.60. The summed E-state index contributed by atoms with van der Waals surface area (Å²) in [6.07, 6.45) is 2.05. The smallest absolute Gasteiger partial charge is 0.317 e. The molecule has 0 radical (unpaired) electrons. The van der Waals surface area contributed by atoms with Gasteiger partial charge in [-0.15, -0.1) is 0 Å². The van der Waals surface area contributed by atoms with Gasteiger partial charge in [-0.25, -0.2) is 9.18 Å². The minimum absolute atomic E-state index is 0.0580. The summed E-state index contributed by atoms with van der Waals surface area (Å²) >= 11 is 0. The lowest BCUT2D eigenvalue weighted by molar-refractivity contribution is -0.0841. The van der Waals surface area contributed by atoms with Crippen LogP contribution in [-0.2, 0) is 9.47 Å². The molecule has 2 aliphatic heterocycles. The van der Waals surface area contributed by atoms with Gasteiger partial charge < -0.3 is 19.7 Å². The van der Waals surface area contributed by atoms with Crippen molar-refractivity contribution in [2.75, 3.05) is 32.8 Å². The van der Waals surface area contributed by atoms with Gasteiger partial charge in [-0.3, -0.25) is 0 Å². The fraction of sp³-hybridized carbons (Fsp3) is 0.667. The fourth-order valence-corrected chi connectivity index (χ4v) is 4.05. The Morgan fingerprint density at radius 1 is 1.22 bits per heavy atom. The number of benzene rings is 1. The first-order valence-corrected chi connectivity index (χ1v) is 9.86. The van der Waals surface area contributed by atoms with Gasteiger partial charge in [0.1, 0.15) is 11.9 Å². The highest BCUT2D eigenvalue weighted by atomic mass is 19.1. The number of amides is 2. The first-order chi connectivity index (χ1) is 12.8. The van der Waals surface area contributed by atoms with Crippen LogP contribution in [0.15, 0.2) is 24.3 Å². The molecule has 2 fully saturated rings. The van der Waals surface area contributed by atoms with Crippen LogP contribution in [-0.4, -0.2) is 49.9 Å². The Labute approximate surface area is 161 Å². The van der Waals surface area contributed by atoms with Gasteiger partial charge in [0.05, 0.1) is 19.3 Å². The Morgan fingerprint density at radius 2 is 1.96 bits per heavy atom. The zero-order valence-corrected chi connectivity index (χ0v) is 16.5. The molecule has 2 heterocycles. The molecule has 2 saturated heterocycles. The van der Waals surface area contributed by atoms with Gasteiger partial charge in [0.2, 0.25) is 0 Å². The Kier molecular flexibility index (Phi) is 6.37. The molecule has 2 amide bonds. The van der Waals surface area contributed by atoms with Gasteiger partial charge in [0.25, 0.3) is 0 Å². The first kappa shape index (κ1) is 20.1. The number of carbonyl (C=O) groups excluding carboxylic acids is 1. The Morgan fingerprint density at radius 3 is 2.67 bits per heavy atom. The molecule has 1 N–H and O–H groups in total. The molecular formula is C21H31FN2O3. The molecule has 150 valence electrons. The topological polar surface area (TPSA) is 50.8 Å². The molecule has 2 aliphatic rings. The van der Waals surface area contributed by atoms with E-state index in [0.717, 1.165) is 25.0 Å². The highest BCUT2D eigenvalue weighted by Crippen LogP contribution is 2.33. The van der Waals surface area contributed by atoms with Crippen LogP contribution in [0.25, 0.3) is 0 Å². The minimum atomic E-state index is -0.271. The summed E-state index contributed by atoms with van der Waals surface area (Å²) in [5.41, 5.74) is 0.949. The van der Waals surface area contributed by atoms with Gasteiger partial charge in [-0.05, 0) is 36.0 Å². The van der Waals surface area contributed by atoms with E-state index in [1.54, 1.807) is 17.0 Å². The summed E-state index contributed by atoms with van der Waals surface area (Å²) in [7, 11) is 0. The molecule has 0 aromatic heterocycles. The van der Waals surface area contributed by atoms with Gasteiger partial charge in [0.15, 0.2) is 0 Å². The maximum absolute atomic E-state index is 13.1. The molecule has 3 unspecified atom stereocenters. The number of hydrogen-bond donors (Lipinski definition) is 1. The van der Waals surface area contributed by atoms with Crippen molar-refractivity contribution in [2.24, 2.45) is 11.3 Å². The van der Waals surface area contributed by atoms with Crippen molar-refractivity contribution in [1.29, 1.82) is 0 Å². The Bertz CT molecular complexity index is 629. The Balaban J connectivity index is 1.55. The predicted octanol–water partition coefficient (Wildman–Crippen LogP) is 3.75. The SMILES string of the molecule is CC(C)(C)C1OCCCC1CNC(=O)N1CCOC(c2ccc(F)cc2)C1. The van der Waals surface area contributed by atoms with Gasteiger partial charge in [-0.1, -0.05) is 32.9 Å². The third kappa shape index (κ3) is 5.20. The largest absolute Gasteiger partial charge is 0.377 e. The van der Waals surface area contributed by atoms with E-state index in [4.69, 9.17) is 9.47 Å². The zero-order valence-electron chi connectivity index (χ0n) is 16.5. The molecule has 6 heteroatoms. The summed E-state index contributed by atoms with van der Waals surface area (Å²) in [5.74, 6) is 0.0592. The minimum Gasteiger partial charge on any atom is -0.377 e. The van der Waals surface area contributed by atoms with Crippen molar-refractivity contribution in [3.63, 3.8) is 0 Å². The van der Waals surface area contributed by atoms with Gasteiger partial charge in [-0.2, -0.15) is 0 Å². The maximum Gasteiger partial charge on any atom is 0.317 e. The molecule has 0 bridgehead atoms. The summed E-state index contributed by atoms with van der Waals surface area (Å²) in [4.78, 5) is 14.5. The molecule has 0 saturated carbocycles. The molecule has 1 aromatic rings. The monoisotopic (exact) mass is 378 g/mol. The summed E-state index contributed by atoms with van der Waals surface area (Å²) in [6, 6.07) is 6.22. The van der Waals surface area contributed by atoms with Crippen LogP contribution in [0.2, 0.25) is 0 Å². The second-order valence-electron chi connectivity index (χ2n) is 8.60. The fourth-order valence-electron chi connectivity index (χ4n) is 4.05. The normalized spacial score (nSPS) is 26.7. The second kappa shape index (κ2) is 8.57. The molecule has 3 atom stereocenters. The number of rotatable bonds is 3. The van der Waals surface area contributed by atoms with E-state index in [9.17, 15) is 9.18 Å². The Hall–Kier alpha value is -1.66. The number of nitrogens with zero attached hydrogens (tertiary/aromatic N) is 1. The van der Waals surface area contributed by atoms with Crippen molar-refractivity contribution in [3.05, 3.63) is 35.6 Å². The number of hydrogen-bond acceptors (Lipinski definition) is 3. The van der Waals surface area contributed by atoms with E-state index in [0.29, 0.717) is 32.2 Å². The van der Waals surface area contributed by atoms with Crippen LogP contribution in [0.5, 0.6) is 0 Å². The van der Waals surface area contributed by atoms with Crippen LogP contribution >= 0.6 is 0 Å². The average Bonchev–Trinajstić information content (AvgIpc) is 2.66. The number of nitrogens with one attached hydrogen (secondary N) is 1. The van der Waals surface area contributed by atoms with Crippen molar-refractivity contribution >= 4 is 6.03 Å². The molecule has 5 nitrogen and oxygen atoms in total. The summed E-state index contributed by atoms with van der Waals surface area (Å²) in [6.45, 7) is 9.50. The van der Waals surface area contributed by atoms with Crippen LogP contribution < -0.4 is 5.32 Å². The van der Waals surface area contributed by atoms with E-state index < -0.39 is 0 Å². The zero-order chi connectivity index (χ0) is 19.4. The molecular weight excluding hydrogens is 347 g/mol. The van der Waals surface area contributed by atoms with E-state index >= 15 is 0 Å². The quantitative estimate of drug-likeness (QED) is 0.872. The lowest BCUT2D eigenvalue weighted by Gasteiger charge is -2.40. The van der Waals surface area contributed by atoms with Gasteiger partial charge in [0, 0.05) is 25.6 Å². The number of carbonyl (C=O) groups is 1. The van der Waals surface area contributed by atoms with Crippen LogP contribution in [0.4, 0.5) is 9.18 Å². The van der Waals surface area contributed by atoms with Crippen molar-refractivity contribution in [1.82, 2.24) is 10.2 Å². The van der Waals surface area contributed by atoms with Crippen molar-refractivity contribution < 1.29 is 18.7 Å². The highest BCUT2D eigenvalue weighted by molar-refractivity contribution is 5.74. The standard InChI is InChI=1S/C21H31FN2O3/c1-21(2,3)19-16(5-4-11-27-19)13-23-20(25)24-10-12-26-18(14-24)15-6-8-17(22)9-7-15/h6-9,16,18-19H,4-5,10-14H2,1-3H3,(H,23,25). The molecule has 27 heavy (non-hydrogen) atoms. The van der Waals surface area contributed by atoms with E-state index in [-0.39, 0.29) is 29.5 Å². The summed E-state index contributed by atoms with van der Waals surface area (Å²) < 4.78 is 24.9. The summed E-state index contributed by atoms with van der Waals surface area (Å²) in [5, 5.41) is 3.10. The van der Waals surface area contributed by atoms with Crippen molar-refractivity contribution in [2.45, 2.75) is 45.8 Å². The third-order valence-corrected chi connectivity index (χ3v) is 5.41. The van der Waals surface area contributed by atoms with Crippen LogP contribution in [0.1, 0.15) is 45.3 Å². The van der Waals surface area contributed by atoms with Crippen molar-refractivity contribution in [3.8, 4) is 0 Å². The number of morpholine rings is 1. The number of halogens is 1. The lowest BCUT2D eigenvalue weighted by atomic mass is 9.78. The van der Waals surface area contributed by atoms with Gasteiger partial charge >= 0.3 is 6.03 Å².